The molecule has 0 amide bonds. The van der Waals surface area contributed by atoms with Gasteiger partial charge in [-0.15, -0.1) is 0 Å². The van der Waals surface area contributed by atoms with Crippen LogP contribution in [0.15, 0.2) is 42.5 Å². The maximum Gasteiger partial charge on any atom is 0.159 e. The van der Waals surface area contributed by atoms with Gasteiger partial charge in [0, 0.05) is 5.56 Å². The summed E-state index contributed by atoms with van der Waals surface area (Å²) >= 11 is 0. The molecular formula is C15H12F2O2. The Labute approximate surface area is 109 Å². The third-order valence-corrected chi connectivity index (χ3v) is 2.69. The first-order valence-corrected chi connectivity index (χ1v) is 5.74. The van der Waals surface area contributed by atoms with Crippen molar-refractivity contribution in [1.82, 2.24) is 0 Å². The van der Waals surface area contributed by atoms with Gasteiger partial charge in [-0.3, -0.25) is 4.79 Å². The third kappa shape index (κ3) is 3.16. The number of hydrogen-bond donors (Lipinski definition) is 0. The molecule has 98 valence electrons. The molecule has 0 saturated heterocycles. The molecule has 0 N–H and O–H groups in total. The highest BCUT2D eigenvalue weighted by atomic mass is 19.1. The van der Waals surface area contributed by atoms with Crippen molar-refractivity contribution in [2.45, 2.75) is 13.5 Å². The molecule has 2 aromatic carbocycles. The number of ether oxygens (including phenoxy) is 1. The maximum absolute atomic E-state index is 13.4. The minimum absolute atomic E-state index is 0.0949. The predicted molar refractivity (Wildman–Crippen MR) is 67.1 cm³/mol. The summed E-state index contributed by atoms with van der Waals surface area (Å²) in [5, 5.41) is 0. The van der Waals surface area contributed by atoms with Crippen molar-refractivity contribution in [2.24, 2.45) is 0 Å². The number of rotatable bonds is 4. The minimum Gasteiger partial charge on any atom is -0.489 e. The fraction of sp³-hybridized carbons (Fsp3) is 0.133. The fourth-order valence-electron chi connectivity index (χ4n) is 1.63. The molecule has 0 aliphatic heterocycles. The summed E-state index contributed by atoms with van der Waals surface area (Å²) in [4.78, 5) is 11.2. The molecule has 0 unspecified atom stereocenters. The Morgan fingerprint density at radius 1 is 1.11 bits per heavy atom. The zero-order valence-electron chi connectivity index (χ0n) is 10.3. The van der Waals surface area contributed by atoms with Crippen molar-refractivity contribution in [3.63, 3.8) is 0 Å². The van der Waals surface area contributed by atoms with Gasteiger partial charge in [-0.05, 0) is 31.2 Å². The Bertz CT molecular complexity index is 589. The summed E-state index contributed by atoms with van der Waals surface area (Å²) in [6.45, 7) is 1.22. The second-order valence-electron chi connectivity index (χ2n) is 4.07. The van der Waals surface area contributed by atoms with Gasteiger partial charge in [0.2, 0.25) is 0 Å². The Hall–Kier alpha value is -2.23. The SMILES string of the molecule is CC(=O)c1cccc(OCc2c(F)cccc2F)c1. The van der Waals surface area contributed by atoms with Crippen molar-refractivity contribution >= 4 is 5.78 Å². The highest BCUT2D eigenvalue weighted by Gasteiger charge is 2.09. The van der Waals surface area contributed by atoms with Crippen LogP contribution in [0.3, 0.4) is 0 Å². The average Bonchev–Trinajstić information content (AvgIpc) is 2.38. The van der Waals surface area contributed by atoms with Crippen LogP contribution < -0.4 is 4.74 Å². The molecule has 0 atom stereocenters. The zero-order chi connectivity index (χ0) is 13.8. The second kappa shape index (κ2) is 5.61. The van der Waals surface area contributed by atoms with E-state index < -0.39 is 11.6 Å². The highest BCUT2D eigenvalue weighted by Crippen LogP contribution is 2.18. The quantitative estimate of drug-likeness (QED) is 0.784. The lowest BCUT2D eigenvalue weighted by molar-refractivity contribution is 0.101. The lowest BCUT2D eigenvalue weighted by Gasteiger charge is -2.08. The number of Topliss-reactive ketones (excluding diaryl/α,β-unsaturated/α-hetero) is 1. The van der Waals surface area contributed by atoms with Gasteiger partial charge in [-0.1, -0.05) is 18.2 Å². The van der Waals surface area contributed by atoms with Crippen molar-refractivity contribution < 1.29 is 18.3 Å². The molecule has 0 heterocycles. The number of halogens is 2. The molecule has 0 bridgehead atoms. The first kappa shape index (κ1) is 13.2. The van der Waals surface area contributed by atoms with Gasteiger partial charge in [-0.25, -0.2) is 8.78 Å². The summed E-state index contributed by atoms with van der Waals surface area (Å²) in [7, 11) is 0. The second-order valence-corrected chi connectivity index (χ2v) is 4.07. The maximum atomic E-state index is 13.4. The van der Waals surface area contributed by atoms with Crippen molar-refractivity contribution in [1.29, 1.82) is 0 Å². The van der Waals surface area contributed by atoms with Gasteiger partial charge in [0.05, 0.1) is 5.56 Å². The van der Waals surface area contributed by atoms with E-state index in [0.717, 1.165) is 0 Å². The monoisotopic (exact) mass is 262 g/mol. The van der Waals surface area contributed by atoms with Crippen LogP contribution in [-0.4, -0.2) is 5.78 Å². The van der Waals surface area contributed by atoms with Crippen LogP contribution in [-0.2, 0) is 6.61 Å². The van der Waals surface area contributed by atoms with Gasteiger partial charge in [0.1, 0.15) is 24.0 Å². The molecule has 19 heavy (non-hydrogen) atoms. The molecule has 0 aromatic heterocycles. The Morgan fingerprint density at radius 2 is 1.74 bits per heavy atom. The summed E-state index contributed by atoms with van der Waals surface area (Å²) in [6.07, 6.45) is 0. The lowest BCUT2D eigenvalue weighted by Crippen LogP contribution is -2.02. The van der Waals surface area contributed by atoms with Crippen molar-refractivity contribution in [3.8, 4) is 5.75 Å². The molecule has 0 aliphatic rings. The Kier molecular flexibility index (Phi) is 3.90. The standard InChI is InChI=1S/C15H12F2O2/c1-10(18)11-4-2-5-12(8-11)19-9-13-14(16)6-3-7-15(13)17/h2-8H,9H2,1H3. The van der Waals surface area contributed by atoms with Crippen LogP contribution in [0.25, 0.3) is 0 Å². The van der Waals surface area contributed by atoms with E-state index in [1.54, 1.807) is 24.3 Å². The molecule has 2 rings (SSSR count). The first-order chi connectivity index (χ1) is 9.08. The normalized spacial score (nSPS) is 10.3. The van der Waals surface area contributed by atoms with Crippen LogP contribution in [0.1, 0.15) is 22.8 Å². The van der Waals surface area contributed by atoms with E-state index >= 15 is 0 Å². The van der Waals surface area contributed by atoms with Gasteiger partial charge < -0.3 is 4.74 Å². The smallest absolute Gasteiger partial charge is 0.159 e. The first-order valence-electron chi connectivity index (χ1n) is 5.74. The molecule has 0 fully saturated rings. The molecule has 0 radical (unpaired) electrons. The molecule has 4 heteroatoms. The van der Waals surface area contributed by atoms with Crippen LogP contribution in [0.2, 0.25) is 0 Å². The van der Waals surface area contributed by atoms with Gasteiger partial charge >= 0.3 is 0 Å². The third-order valence-electron chi connectivity index (χ3n) is 2.69. The molecule has 0 spiro atoms. The molecule has 2 aromatic rings. The van der Waals surface area contributed by atoms with Crippen LogP contribution in [0.4, 0.5) is 8.78 Å². The summed E-state index contributed by atoms with van der Waals surface area (Å²) in [5.74, 6) is -0.997. The predicted octanol–water partition coefficient (Wildman–Crippen LogP) is 3.75. The van der Waals surface area contributed by atoms with Crippen LogP contribution >= 0.6 is 0 Å². The van der Waals surface area contributed by atoms with E-state index in [4.69, 9.17) is 4.74 Å². The largest absolute Gasteiger partial charge is 0.489 e. The number of benzene rings is 2. The number of ketones is 1. The van der Waals surface area contributed by atoms with E-state index in [1.807, 2.05) is 0 Å². The Morgan fingerprint density at radius 3 is 2.37 bits per heavy atom. The topological polar surface area (TPSA) is 26.3 Å². The van der Waals surface area contributed by atoms with E-state index in [0.29, 0.717) is 11.3 Å². The van der Waals surface area contributed by atoms with E-state index in [1.165, 1.54) is 25.1 Å². The molecular weight excluding hydrogens is 250 g/mol. The van der Waals surface area contributed by atoms with Gasteiger partial charge in [0.25, 0.3) is 0 Å². The van der Waals surface area contributed by atoms with Gasteiger partial charge in [0.15, 0.2) is 5.78 Å². The number of carbonyl (C=O) groups excluding carboxylic acids is 1. The number of carbonyl (C=O) groups is 1. The van der Waals surface area contributed by atoms with Crippen molar-refractivity contribution in [2.75, 3.05) is 0 Å². The highest BCUT2D eigenvalue weighted by molar-refractivity contribution is 5.94. The van der Waals surface area contributed by atoms with Crippen molar-refractivity contribution in [3.05, 3.63) is 65.2 Å². The zero-order valence-corrected chi connectivity index (χ0v) is 10.3. The van der Waals surface area contributed by atoms with Crippen LogP contribution in [0.5, 0.6) is 5.75 Å². The molecule has 0 aliphatic carbocycles. The average molecular weight is 262 g/mol. The lowest BCUT2D eigenvalue weighted by atomic mass is 10.1. The van der Waals surface area contributed by atoms with E-state index in [9.17, 15) is 13.6 Å². The summed E-state index contributed by atoms with van der Waals surface area (Å²) < 4.78 is 32.1. The Balaban J connectivity index is 2.15. The summed E-state index contributed by atoms with van der Waals surface area (Å²) in [6, 6.07) is 10.1. The fourth-order valence-corrected chi connectivity index (χ4v) is 1.63. The molecule has 2 nitrogen and oxygen atoms in total. The van der Waals surface area contributed by atoms with Crippen LogP contribution in [0, 0.1) is 11.6 Å². The van der Waals surface area contributed by atoms with Gasteiger partial charge in [-0.2, -0.15) is 0 Å². The summed E-state index contributed by atoms with van der Waals surface area (Å²) in [5.41, 5.74) is 0.363. The molecule has 0 saturated carbocycles. The minimum atomic E-state index is -0.650. The number of hydrogen-bond acceptors (Lipinski definition) is 2. The van der Waals surface area contributed by atoms with E-state index in [2.05, 4.69) is 0 Å². The van der Waals surface area contributed by atoms with E-state index in [-0.39, 0.29) is 18.0 Å².